The van der Waals surface area contributed by atoms with Gasteiger partial charge in [-0.1, -0.05) is 6.42 Å². The van der Waals surface area contributed by atoms with E-state index in [1.165, 1.54) is 37.0 Å². The fraction of sp³-hybridized carbons (Fsp3) is 0.667. The number of carbonyl (C=O) groups excluding carboxylic acids is 1. The number of rotatable bonds is 3. The van der Waals surface area contributed by atoms with Crippen molar-refractivity contribution < 1.29 is 4.79 Å². The molecule has 1 saturated heterocycles. The molecule has 3 fully saturated rings. The highest BCUT2D eigenvalue weighted by atomic mass is 32.2. The van der Waals surface area contributed by atoms with Crippen molar-refractivity contribution in [2.24, 2.45) is 5.41 Å². The molecule has 1 spiro atoms. The van der Waals surface area contributed by atoms with E-state index in [2.05, 4.69) is 10.3 Å². The monoisotopic (exact) mass is 316 g/mol. The molecule has 0 radical (unpaired) electrons. The number of pyridine rings is 1. The first-order chi connectivity index (χ1) is 10.7. The molecule has 1 atom stereocenters. The van der Waals surface area contributed by atoms with E-state index in [1.54, 1.807) is 0 Å². The Morgan fingerprint density at radius 2 is 2.00 bits per heavy atom. The van der Waals surface area contributed by atoms with Crippen LogP contribution < -0.4 is 5.32 Å². The molecule has 3 nitrogen and oxygen atoms in total. The first-order valence-corrected chi connectivity index (χ1v) is 9.67. The van der Waals surface area contributed by atoms with Crippen molar-refractivity contribution >= 4 is 17.7 Å². The number of nitrogens with zero attached hydrogens (tertiary/aromatic N) is 1. The summed E-state index contributed by atoms with van der Waals surface area (Å²) >= 11 is 1.97. The van der Waals surface area contributed by atoms with Crippen LogP contribution >= 0.6 is 11.8 Å². The van der Waals surface area contributed by atoms with Crippen molar-refractivity contribution in [2.45, 2.75) is 56.4 Å². The van der Waals surface area contributed by atoms with E-state index < -0.39 is 0 Å². The quantitative estimate of drug-likeness (QED) is 0.930. The lowest BCUT2D eigenvalue weighted by Crippen LogP contribution is -2.61. The van der Waals surface area contributed by atoms with Crippen LogP contribution in [0.2, 0.25) is 0 Å². The standard InChI is InChI=1S/C18H24N2OS/c21-16(20-15-3-1-10-22-11-15)18(14-4-8-19-9-5-14)12-17(13-18)6-2-7-17/h4-5,8-9,15H,1-3,6-7,10-13H2,(H,20,21). The number of hydrogen-bond donors (Lipinski definition) is 1. The first kappa shape index (κ1) is 14.6. The van der Waals surface area contributed by atoms with Gasteiger partial charge in [-0.15, -0.1) is 0 Å². The summed E-state index contributed by atoms with van der Waals surface area (Å²) < 4.78 is 0. The second kappa shape index (κ2) is 5.55. The van der Waals surface area contributed by atoms with Crippen molar-refractivity contribution in [3.63, 3.8) is 0 Å². The van der Waals surface area contributed by atoms with Crippen LogP contribution in [0.5, 0.6) is 0 Å². The third kappa shape index (κ3) is 2.36. The number of nitrogens with one attached hydrogen (secondary N) is 1. The maximum Gasteiger partial charge on any atom is 0.230 e. The summed E-state index contributed by atoms with van der Waals surface area (Å²) in [5.41, 5.74) is 1.36. The van der Waals surface area contributed by atoms with Gasteiger partial charge >= 0.3 is 0 Å². The second-order valence-corrected chi connectivity index (χ2v) is 8.56. The smallest absolute Gasteiger partial charge is 0.230 e. The maximum atomic E-state index is 13.1. The molecule has 1 N–H and O–H groups in total. The summed E-state index contributed by atoms with van der Waals surface area (Å²) in [7, 11) is 0. The lowest BCUT2D eigenvalue weighted by atomic mass is 9.43. The topological polar surface area (TPSA) is 42.0 Å². The van der Waals surface area contributed by atoms with Gasteiger partial charge in [0.25, 0.3) is 0 Å². The normalized spacial score (nSPS) is 28.5. The van der Waals surface area contributed by atoms with Crippen molar-refractivity contribution in [2.75, 3.05) is 11.5 Å². The van der Waals surface area contributed by atoms with Crippen LogP contribution in [-0.4, -0.2) is 28.4 Å². The SMILES string of the molecule is O=C(NC1CCCSC1)C1(c2ccncc2)CC2(CCC2)C1. The lowest BCUT2D eigenvalue weighted by molar-refractivity contribution is -0.143. The van der Waals surface area contributed by atoms with E-state index in [-0.39, 0.29) is 11.3 Å². The predicted molar refractivity (Wildman–Crippen MR) is 89.9 cm³/mol. The number of aromatic nitrogens is 1. The molecule has 2 saturated carbocycles. The molecular formula is C18H24N2OS. The average molecular weight is 316 g/mol. The van der Waals surface area contributed by atoms with E-state index in [9.17, 15) is 4.79 Å². The highest BCUT2D eigenvalue weighted by Crippen LogP contribution is 2.65. The minimum absolute atomic E-state index is 0.267. The van der Waals surface area contributed by atoms with Crippen molar-refractivity contribution in [1.29, 1.82) is 0 Å². The maximum absolute atomic E-state index is 13.1. The zero-order chi connectivity index (χ0) is 15.0. The molecule has 1 aliphatic heterocycles. The Balaban J connectivity index is 1.54. The van der Waals surface area contributed by atoms with Crippen molar-refractivity contribution in [3.05, 3.63) is 30.1 Å². The third-order valence-electron chi connectivity index (χ3n) is 5.93. The van der Waals surface area contributed by atoms with Crippen LogP contribution in [0, 0.1) is 5.41 Å². The molecule has 2 aliphatic carbocycles. The predicted octanol–water partition coefficient (Wildman–Crippen LogP) is 3.30. The average Bonchev–Trinajstić information content (AvgIpc) is 2.47. The summed E-state index contributed by atoms with van der Waals surface area (Å²) in [6.07, 6.45) is 12.1. The van der Waals surface area contributed by atoms with Gasteiger partial charge in [0.15, 0.2) is 0 Å². The van der Waals surface area contributed by atoms with Gasteiger partial charge < -0.3 is 5.32 Å². The van der Waals surface area contributed by atoms with Crippen LogP contribution in [0.4, 0.5) is 0 Å². The molecule has 22 heavy (non-hydrogen) atoms. The highest BCUT2D eigenvalue weighted by Gasteiger charge is 2.61. The molecule has 118 valence electrons. The van der Waals surface area contributed by atoms with E-state index in [0.29, 0.717) is 11.5 Å². The molecule has 1 aromatic rings. The van der Waals surface area contributed by atoms with E-state index in [4.69, 9.17) is 0 Å². The highest BCUT2D eigenvalue weighted by molar-refractivity contribution is 7.99. The second-order valence-electron chi connectivity index (χ2n) is 7.41. The Morgan fingerprint density at radius 1 is 1.23 bits per heavy atom. The van der Waals surface area contributed by atoms with Crippen LogP contribution in [0.25, 0.3) is 0 Å². The summed E-state index contributed by atoms with van der Waals surface area (Å²) in [6.45, 7) is 0. The molecule has 4 rings (SSSR count). The largest absolute Gasteiger partial charge is 0.352 e. The molecular weight excluding hydrogens is 292 g/mol. The van der Waals surface area contributed by atoms with Crippen molar-refractivity contribution in [3.8, 4) is 0 Å². The molecule has 4 heteroatoms. The Morgan fingerprint density at radius 3 is 2.59 bits per heavy atom. The Kier molecular flexibility index (Phi) is 3.67. The number of carbonyl (C=O) groups is 1. The molecule has 0 bridgehead atoms. The van der Waals surface area contributed by atoms with E-state index in [1.807, 2.05) is 36.3 Å². The zero-order valence-electron chi connectivity index (χ0n) is 13.0. The number of hydrogen-bond acceptors (Lipinski definition) is 3. The van der Waals surface area contributed by atoms with E-state index >= 15 is 0 Å². The molecule has 0 aromatic carbocycles. The van der Waals surface area contributed by atoms with Gasteiger partial charge in [-0.25, -0.2) is 0 Å². The molecule has 3 aliphatic rings. The molecule has 1 unspecified atom stereocenters. The van der Waals surface area contributed by atoms with Gasteiger partial charge in [0.05, 0.1) is 5.41 Å². The number of amides is 1. The van der Waals surface area contributed by atoms with Gasteiger partial charge in [-0.3, -0.25) is 9.78 Å². The zero-order valence-corrected chi connectivity index (χ0v) is 13.8. The molecule has 1 aromatic heterocycles. The Labute approximate surface area is 136 Å². The van der Waals surface area contributed by atoms with Gasteiger partial charge in [-0.05, 0) is 67.4 Å². The first-order valence-electron chi connectivity index (χ1n) is 8.52. The lowest BCUT2D eigenvalue weighted by Gasteiger charge is -2.60. The van der Waals surface area contributed by atoms with Crippen LogP contribution in [0.15, 0.2) is 24.5 Å². The van der Waals surface area contributed by atoms with Crippen LogP contribution in [0.1, 0.15) is 50.5 Å². The van der Waals surface area contributed by atoms with Gasteiger partial charge in [0, 0.05) is 24.2 Å². The minimum Gasteiger partial charge on any atom is -0.352 e. The Hall–Kier alpha value is -1.03. The summed E-state index contributed by atoms with van der Waals surface area (Å²) in [5.74, 6) is 2.58. The van der Waals surface area contributed by atoms with Gasteiger partial charge in [0.2, 0.25) is 5.91 Å². The summed E-state index contributed by atoms with van der Waals surface area (Å²) in [4.78, 5) is 17.2. The summed E-state index contributed by atoms with van der Waals surface area (Å²) in [6, 6.07) is 4.45. The molecule has 1 amide bonds. The van der Waals surface area contributed by atoms with Gasteiger partial charge in [0.1, 0.15) is 0 Å². The minimum atomic E-state index is -0.286. The number of thioether (sulfide) groups is 1. The van der Waals surface area contributed by atoms with Crippen LogP contribution in [-0.2, 0) is 10.2 Å². The van der Waals surface area contributed by atoms with Crippen molar-refractivity contribution in [1.82, 2.24) is 10.3 Å². The Bertz CT molecular complexity index is 541. The fourth-order valence-corrected chi connectivity index (χ4v) is 5.68. The van der Waals surface area contributed by atoms with Gasteiger partial charge in [-0.2, -0.15) is 11.8 Å². The van der Waals surface area contributed by atoms with Crippen LogP contribution in [0.3, 0.4) is 0 Å². The van der Waals surface area contributed by atoms with E-state index in [0.717, 1.165) is 25.0 Å². The summed E-state index contributed by atoms with van der Waals surface area (Å²) in [5, 5.41) is 3.37. The molecule has 2 heterocycles. The fourth-order valence-electron chi connectivity index (χ4n) is 4.60. The third-order valence-corrected chi connectivity index (χ3v) is 7.15.